The monoisotopic (exact) mass is 328 g/mol. The van der Waals surface area contributed by atoms with E-state index in [1.807, 2.05) is 24.3 Å². The number of benzene rings is 1. The minimum atomic E-state index is -0.178. The van der Waals surface area contributed by atoms with E-state index < -0.39 is 0 Å². The number of nitrogens with two attached hydrogens (primary N) is 1. The van der Waals surface area contributed by atoms with Crippen molar-refractivity contribution < 1.29 is 4.79 Å². The van der Waals surface area contributed by atoms with E-state index in [2.05, 4.69) is 19.2 Å². The van der Waals surface area contributed by atoms with Gasteiger partial charge in [0.1, 0.15) is 0 Å². The van der Waals surface area contributed by atoms with Crippen LogP contribution in [-0.4, -0.2) is 23.2 Å². The molecule has 21 heavy (non-hydrogen) atoms. The van der Waals surface area contributed by atoms with Gasteiger partial charge in [-0.3, -0.25) is 4.79 Å². The Morgan fingerprint density at radius 2 is 1.86 bits per heavy atom. The highest BCUT2D eigenvalue weighted by molar-refractivity contribution is 7.99. The van der Waals surface area contributed by atoms with Gasteiger partial charge in [0, 0.05) is 22.3 Å². The number of rotatable bonds is 5. The zero-order valence-corrected chi connectivity index (χ0v) is 14.4. The lowest BCUT2D eigenvalue weighted by Gasteiger charge is -2.28. The van der Waals surface area contributed by atoms with Gasteiger partial charge in [0.2, 0.25) is 0 Å². The standard InChI is InChI=1S/C16H24N2OS.ClH/c1-12(2)20-14-7-5-13(6-8-14)15(19)18-16(11-17)9-3-4-10-16;/h5-8,12H,3-4,9-11,17H2,1-2H3,(H,18,19);1H. The van der Waals surface area contributed by atoms with E-state index in [1.54, 1.807) is 11.8 Å². The van der Waals surface area contributed by atoms with Gasteiger partial charge in [0.05, 0.1) is 5.54 Å². The summed E-state index contributed by atoms with van der Waals surface area (Å²) in [6.07, 6.45) is 4.30. The molecule has 3 N–H and O–H groups in total. The van der Waals surface area contributed by atoms with Crippen molar-refractivity contribution in [2.75, 3.05) is 6.54 Å². The second kappa shape index (κ2) is 8.06. The third kappa shape index (κ3) is 4.90. The number of hydrogen-bond donors (Lipinski definition) is 2. The zero-order valence-electron chi connectivity index (χ0n) is 12.7. The van der Waals surface area contributed by atoms with Crippen LogP contribution in [0.2, 0.25) is 0 Å². The number of thioether (sulfide) groups is 1. The van der Waals surface area contributed by atoms with Crippen LogP contribution in [0.4, 0.5) is 0 Å². The summed E-state index contributed by atoms with van der Waals surface area (Å²) < 4.78 is 0. The molecule has 0 saturated heterocycles. The molecule has 5 heteroatoms. The van der Waals surface area contributed by atoms with Gasteiger partial charge in [0.15, 0.2) is 0 Å². The Hall–Kier alpha value is -0.710. The average Bonchev–Trinajstić information content (AvgIpc) is 2.88. The molecule has 1 aromatic carbocycles. The second-order valence-electron chi connectivity index (χ2n) is 5.84. The van der Waals surface area contributed by atoms with E-state index >= 15 is 0 Å². The molecule has 0 aliphatic heterocycles. The maximum Gasteiger partial charge on any atom is 0.251 e. The molecule has 0 heterocycles. The lowest BCUT2D eigenvalue weighted by molar-refractivity contribution is 0.0903. The average molecular weight is 329 g/mol. The maximum atomic E-state index is 12.3. The molecule has 0 radical (unpaired) electrons. The predicted octanol–water partition coefficient (Wildman–Crippen LogP) is 3.61. The number of carbonyl (C=O) groups is 1. The third-order valence-corrected chi connectivity index (χ3v) is 4.83. The lowest BCUT2D eigenvalue weighted by Crippen LogP contribution is -2.51. The molecule has 0 aromatic heterocycles. The van der Waals surface area contributed by atoms with E-state index in [9.17, 15) is 4.79 Å². The van der Waals surface area contributed by atoms with Gasteiger partial charge in [-0.15, -0.1) is 24.2 Å². The molecule has 1 aromatic rings. The van der Waals surface area contributed by atoms with Crippen molar-refractivity contribution in [3.63, 3.8) is 0 Å². The van der Waals surface area contributed by atoms with Crippen molar-refractivity contribution in [1.82, 2.24) is 5.32 Å². The Bertz CT molecular complexity index is 456. The zero-order chi connectivity index (χ0) is 14.6. The van der Waals surface area contributed by atoms with E-state index in [0.29, 0.717) is 11.8 Å². The second-order valence-corrected chi connectivity index (χ2v) is 7.49. The van der Waals surface area contributed by atoms with Crippen molar-refractivity contribution in [1.29, 1.82) is 0 Å². The fraction of sp³-hybridized carbons (Fsp3) is 0.562. The van der Waals surface area contributed by atoms with E-state index in [1.165, 1.54) is 4.90 Å². The van der Waals surface area contributed by atoms with Crippen molar-refractivity contribution >= 4 is 30.1 Å². The summed E-state index contributed by atoms with van der Waals surface area (Å²) in [5, 5.41) is 3.70. The first-order valence-electron chi connectivity index (χ1n) is 7.34. The van der Waals surface area contributed by atoms with Crippen LogP contribution in [0, 0.1) is 0 Å². The molecule has 1 aliphatic rings. The van der Waals surface area contributed by atoms with Crippen LogP contribution in [0.15, 0.2) is 29.2 Å². The number of hydrogen-bond acceptors (Lipinski definition) is 3. The van der Waals surface area contributed by atoms with Crippen LogP contribution in [0.5, 0.6) is 0 Å². The third-order valence-electron chi connectivity index (χ3n) is 3.82. The Morgan fingerprint density at radius 1 is 1.29 bits per heavy atom. The van der Waals surface area contributed by atoms with E-state index in [0.717, 1.165) is 31.2 Å². The molecule has 1 amide bonds. The Kier molecular flexibility index (Phi) is 7.04. The van der Waals surface area contributed by atoms with Crippen LogP contribution in [0.25, 0.3) is 0 Å². The topological polar surface area (TPSA) is 55.1 Å². The highest BCUT2D eigenvalue weighted by Crippen LogP contribution is 2.29. The fourth-order valence-electron chi connectivity index (χ4n) is 2.70. The first-order valence-corrected chi connectivity index (χ1v) is 8.22. The molecule has 118 valence electrons. The van der Waals surface area contributed by atoms with E-state index in [-0.39, 0.29) is 23.9 Å². The summed E-state index contributed by atoms with van der Waals surface area (Å²) >= 11 is 1.80. The van der Waals surface area contributed by atoms with Gasteiger partial charge in [-0.1, -0.05) is 26.7 Å². The van der Waals surface area contributed by atoms with Crippen LogP contribution in [0.1, 0.15) is 49.9 Å². The highest BCUT2D eigenvalue weighted by atomic mass is 35.5. The molecule has 1 fully saturated rings. The van der Waals surface area contributed by atoms with Crippen molar-refractivity contribution in [2.24, 2.45) is 5.73 Å². The molecule has 2 rings (SSSR count). The Labute approximate surface area is 137 Å². The van der Waals surface area contributed by atoms with Crippen LogP contribution in [0.3, 0.4) is 0 Å². The molecular formula is C16H25ClN2OS. The maximum absolute atomic E-state index is 12.3. The van der Waals surface area contributed by atoms with Crippen molar-refractivity contribution in [3.8, 4) is 0 Å². The van der Waals surface area contributed by atoms with Crippen LogP contribution < -0.4 is 11.1 Å². The summed E-state index contributed by atoms with van der Waals surface area (Å²) in [6, 6.07) is 7.84. The highest BCUT2D eigenvalue weighted by Gasteiger charge is 2.33. The molecule has 0 atom stereocenters. The van der Waals surface area contributed by atoms with E-state index in [4.69, 9.17) is 5.73 Å². The molecule has 0 unspecified atom stereocenters. The number of amides is 1. The minimum Gasteiger partial charge on any atom is -0.345 e. The smallest absolute Gasteiger partial charge is 0.251 e. The number of carbonyl (C=O) groups excluding carboxylic acids is 1. The van der Waals surface area contributed by atoms with Crippen molar-refractivity contribution in [3.05, 3.63) is 29.8 Å². The van der Waals surface area contributed by atoms with Gasteiger partial charge in [0.25, 0.3) is 5.91 Å². The summed E-state index contributed by atoms with van der Waals surface area (Å²) in [5.74, 6) is -0.00144. The first-order chi connectivity index (χ1) is 9.54. The van der Waals surface area contributed by atoms with Gasteiger partial charge < -0.3 is 11.1 Å². The number of halogens is 1. The fourth-order valence-corrected chi connectivity index (χ4v) is 3.54. The summed E-state index contributed by atoms with van der Waals surface area (Å²) in [7, 11) is 0. The molecule has 1 saturated carbocycles. The van der Waals surface area contributed by atoms with Crippen LogP contribution in [-0.2, 0) is 0 Å². The molecule has 0 spiro atoms. The summed E-state index contributed by atoms with van der Waals surface area (Å²) in [5.41, 5.74) is 6.40. The molecule has 3 nitrogen and oxygen atoms in total. The predicted molar refractivity (Wildman–Crippen MR) is 92.4 cm³/mol. The minimum absolute atomic E-state index is 0. The molecule has 0 bridgehead atoms. The first kappa shape index (κ1) is 18.3. The quantitative estimate of drug-likeness (QED) is 0.812. The van der Waals surface area contributed by atoms with Crippen LogP contribution >= 0.6 is 24.2 Å². The largest absolute Gasteiger partial charge is 0.345 e. The summed E-state index contributed by atoms with van der Waals surface area (Å²) in [4.78, 5) is 13.5. The SMILES string of the molecule is CC(C)Sc1ccc(C(=O)NC2(CN)CCCC2)cc1.Cl. The van der Waals surface area contributed by atoms with Gasteiger partial charge in [-0.2, -0.15) is 0 Å². The van der Waals surface area contributed by atoms with Gasteiger partial charge in [-0.25, -0.2) is 0 Å². The summed E-state index contributed by atoms with van der Waals surface area (Å²) in [6.45, 7) is 4.85. The molecule has 1 aliphatic carbocycles. The number of nitrogens with one attached hydrogen (secondary N) is 1. The lowest BCUT2D eigenvalue weighted by atomic mass is 9.97. The van der Waals surface area contributed by atoms with Gasteiger partial charge >= 0.3 is 0 Å². The Morgan fingerprint density at radius 3 is 2.33 bits per heavy atom. The van der Waals surface area contributed by atoms with Gasteiger partial charge in [-0.05, 0) is 37.1 Å². The van der Waals surface area contributed by atoms with Crippen molar-refractivity contribution in [2.45, 2.75) is 55.2 Å². The molecular weight excluding hydrogens is 304 g/mol. The Balaban J connectivity index is 0.00000220. The normalized spacial score (nSPS) is 16.6.